The van der Waals surface area contributed by atoms with E-state index in [4.69, 9.17) is 10.5 Å². The number of carbonyl (C=O) groups excluding carboxylic acids is 1. The Hall–Kier alpha value is -2.84. The molecule has 4 N–H and O–H groups in total. The van der Waals surface area contributed by atoms with Crippen LogP contribution in [0.4, 0.5) is 5.82 Å². The van der Waals surface area contributed by atoms with Crippen molar-refractivity contribution in [2.75, 3.05) is 25.0 Å². The number of ether oxygens (including phenoxy) is 1. The Balaban J connectivity index is 1.56. The second-order valence-corrected chi connectivity index (χ2v) is 9.15. The molecule has 1 amide bonds. The van der Waals surface area contributed by atoms with Crippen molar-refractivity contribution in [1.82, 2.24) is 14.9 Å². The van der Waals surface area contributed by atoms with Crippen LogP contribution >= 0.6 is 15.9 Å². The molecule has 0 unspecified atom stereocenters. The van der Waals surface area contributed by atoms with Crippen molar-refractivity contribution in [2.24, 2.45) is 5.73 Å². The molecule has 0 bridgehead atoms. The van der Waals surface area contributed by atoms with Crippen molar-refractivity contribution < 1.29 is 9.53 Å². The van der Waals surface area contributed by atoms with Crippen LogP contribution in [0.2, 0.25) is 0 Å². The first-order valence-corrected chi connectivity index (χ1v) is 12.1. The maximum absolute atomic E-state index is 13.0. The van der Waals surface area contributed by atoms with Crippen LogP contribution < -0.4 is 21.1 Å². The second kappa shape index (κ2) is 10.4. The highest BCUT2D eigenvalue weighted by Gasteiger charge is 2.23. The quantitative estimate of drug-likeness (QED) is 0.407. The molecule has 1 aromatic heterocycles. The average molecular weight is 512 g/mol. The van der Waals surface area contributed by atoms with Crippen LogP contribution in [0.15, 0.2) is 46.9 Å². The minimum absolute atomic E-state index is 0.104. The lowest BCUT2D eigenvalue weighted by atomic mass is 10.1. The molecule has 0 saturated carbocycles. The highest BCUT2D eigenvalue weighted by Crippen LogP contribution is 2.35. The highest BCUT2D eigenvalue weighted by molar-refractivity contribution is 9.10. The fourth-order valence-corrected chi connectivity index (χ4v) is 4.83. The number of rotatable bonds is 9. The second-order valence-electron chi connectivity index (χ2n) is 8.30. The number of aromatic nitrogens is 2. The number of halogens is 1. The average Bonchev–Trinajstić information content (AvgIpc) is 3.38. The molecule has 4 rings (SSSR count). The number of amides is 1. The molecule has 0 saturated heterocycles. The van der Waals surface area contributed by atoms with Gasteiger partial charge in [0.1, 0.15) is 11.6 Å². The fraction of sp³-hybridized carbons (Fsp3) is 0.360. The van der Waals surface area contributed by atoms with Crippen LogP contribution in [0.25, 0.3) is 0 Å². The number of benzene rings is 2. The molecule has 1 atom stereocenters. The topological polar surface area (TPSA) is 94.2 Å². The van der Waals surface area contributed by atoms with Gasteiger partial charge in [-0.3, -0.25) is 4.79 Å². The van der Waals surface area contributed by atoms with E-state index in [-0.39, 0.29) is 11.9 Å². The number of fused-ring (bicyclic) bond motifs is 1. The van der Waals surface area contributed by atoms with Crippen LogP contribution in [-0.4, -0.2) is 41.2 Å². The lowest BCUT2D eigenvalue weighted by Gasteiger charge is -2.15. The molecule has 2 aromatic carbocycles. The molecule has 0 radical (unpaired) electrons. The molecule has 1 aliphatic heterocycles. The van der Waals surface area contributed by atoms with Crippen molar-refractivity contribution in [3.8, 4) is 5.75 Å². The maximum Gasteiger partial charge on any atom is 0.271 e. The molecule has 0 spiro atoms. The Bertz CT molecular complexity index is 1130. The van der Waals surface area contributed by atoms with Crippen molar-refractivity contribution in [2.45, 2.75) is 39.3 Å². The molecule has 7 nitrogen and oxygen atoms in total. The Morgan fingerprint density at radius 2 is 2.06 bits per heavy atom. The zero-order valence-electron chi connectivity index (χ0n) is 19.0. The fourth-order valence-electron chi connectivity index (χ4n) is 4.17. The Labute approximate surface area is 202 Å². The number of nitrogens with zero attached hydrogens (tertiary/aromatic N) is 2. The van der Waals surface area contributed by atoms with Gasteiger partial charge in [0.05, 0.1) is 11.1 Å². The highest BCUT2D eigenvalue weighted by atomic mass is 79.9. The summed E-state index contributed by atoms with van der Waals surface area (Å²) in [5.41, 5.74) is 10.3. The first-order chi connectivity index (χ1) is 16.0. The van der Waals surface area contributed by atoms with Gasteiger partial charge in [0.15, 0.2) is 11.5 Å². The molecular weight excluding hydrogens is 482 g/mol. The Kier molecular flexibility index (Phi) is 7.35. The van der Waals surface area contributed by atoms with E-state index in [0.717, 1.165) is 34.5 Å². The van der Waals surface area contributed by atoms with E-state index in [1.165, 1.54) is 11.1 Å². The predicted octanol–water partition coefficient (Wildman–Crippen LogP) is 3.67. The van der Waals surface area contributed by atoms with Crippen LogP contribution in [0, 0.1) is 6.92 Å². The normalized spacial score (nSPS) is 13.3. The SMILES string of the molecule is CCNC(=O)c1c(NC[C@H](N)Cc2ccccc2)nc(C)n1Cc1cc(Br)c2c(c1)CCO2. The summed E-state index contributed by atoms with van der Waals surface area (Å²) in [6, 6.07) is 14.2. The summed E-state index contributed by atoms with van der Waals surface area (Å²) in [5, 5.41) is 6.25. The van der Waals surface area contributed by atoms with Gasteiger partial charge in [0.25, 0.3) is 5.91 Å². The van der Waals surface area contributed by atoms with E-state index < -0.39 is 0 Å². The van der Waals surface area contributed by atoms with Crippen molar-refractivity contribution in [3.63, 3.8) is 0 Å². The van der Waals surface area contributed by atoms with E-state index in [2.05, 4.69) is 49.7 Å². The minimum atomic E-state index is -0.152. The van der Waals surface area contributed by atoms with Crippen LogP contribution in [0.5, 0.6) is 5.75 Å². The summed E-state index contributed by atoms with van der Waals surface area (Å²) in [5.74, 6) is 2.09. The van der Waals surface area contributed by atoms with Gasteiger partial charge in [-0.15, -0.1) is 0 Å². The summed E-state index contributed by atoms with van der Waals surface area (Å²) in [4.78, 5) is 17.7. The lowest BCUT2D eigenvalue weighted by Crippen LogP contribution is -2.32. The van der Waals surface area contributed by atoms with Gasteiger partial charge in [-0.2, -0.15) is 0 Å². The first kappa shape index (κ1) is 23.3. The first-order valence-electron chi connectivity index (χ1n) is 11.3. The van der Waals surface area contributed by atoms with Crippen LogP contribution in [-0.2, 0) is 19.4 Å². The van der Waals surface area contributed by atoms with E-state index in [1.807, 2.05) is 42.7 Å². The summed E-state index contributed by atoms with van der Waals surface area (Å²) < 4.78 is 8.60. The molecule has 0 fully saturated rings. The third kappa shape index (κ3) is 5.39. The number of hydrogen-bond acceptors (Lipinski definition) is 5. The van der Waals surface area contributed by atoms with Gasteiger partial charge in [0, 0.05) is 32.1 Å². The predicted molar refractivity (Wildman–Crippen MR) is 134 cm³/mol. The van der Waals surface area contributed by atoms with E-state index in [0.29, 0.717) is 37.8 Å². The number of imidazole rings is 1. The van der Waals surface area contributed by atoms with Gasteiger partial charge < -0.3 is 25.7 Å². The van der Waals surface area contributed by atoms with Gasteiger partial charge in [0.2, 0.25) is 0 Å². The zero-order valence-corrected chi connectivity index (χ0v) is 20.6. The van der Waals surface area contributed by atoms with Crippen LogP contribution in [0.1, 0.15) is 39.9 Å². The molecule has 2 heterocycles. The lowest BCUT2D eigenvalue weighted by molar-refractivity contribution is 0.0947. The minimum Gasteiger partial charge on any atom is -0.492 e. The smallest absolute Gasteiger partial charge is 0.271 e. The number of nitrogens with one attached hydrogen (secondary N) is 2. The molecule has 33 heavy (non-hydrogen) atoms. The van der Waals surface area contributed by atoms with Gasteiger partial charge in [-0.25, -0.2) is 4.98 Å². The van der Waals surface area contributed by atoms with E-state index in [1.54, 1.807) is 0 Å². The van der Waals surface area contributed by atoms with Gasteiger partial charge >= 0.3 is 0 Å². The molecule has 8 heteroatoms. The van der Waals surface area contributed by atoms with Crippen molar-refractivity contribution >= 4 is 27.7 Å². The molecular formula is C25H30BrN5O2. The standard InChI is InChI=1S/C25H30BrN5O2/c1-3-28-25(32)22-24(29-14-20(27)12-17-7-5-4-6-8-17)30-16(2)31(22)15-18-11-19-9-10-33-23(19)21(26)13-18/h4-8,11,13,20,29H,3,9-10,12,14-15,27H2,1-2H3,(H,28,32)/t20-/m1/s1. The summed E-state index contributed by atoms with van der Waals surface area (Å²) in [6.07, 6.45) is 1.63. The molecule has 174 valence electrons. The summed E-state index contributed by atoms with van der Waals surface area (Å²) >= 11 is 3.62. The number of anilines is 1. The summed E-state index contributed by atoms with van der Waals surface area (Å²) in [7, 11) is 0. The third-order valence-electron chi connectivity index (χ3n) is 5.72. The number of carbonyl (C=O) groups is 1. The number of hydrogen-bond donors (Lipinski definition) is 3. The number of nitrogens with two attached hydrogens (primary N) is 1. The van der Waals surface area contributed by atoms with E-state index in [9.17, 15) is 4.79 Å². The zero-order chi connectivity index (χ0) is 23.4. The largest absolute Gasteiger partial charge is 0.492 e. The third-order valence-corrected chi connectivity index (χ3v) is 6.31. The summed E-state index contributed by atoms with van der Waals surface area (Å²) in [6.45, 7) is 6.12. The van der Waals surface area contributed by atoms with E-state index >= 15 is 0 Å². The number of aryl methyl sites for hydroxylation is 1. The molecule has 0 aliphatic carbocycles. The van der Waals surface area contributed by atoms with Gasteiger partial charge in [-0.1, -0.05) is 36.4 Å². The maximum atomic E-state index is 13.0. The van der Waals surface area contributed by atoms with Gasteiger partial charge in [-0.05, 0) is 59.0 Å². The Morgan fingerprint density at radius 1 is 1.27 bits per heavy atom. The van der Waals surface area contributed by atoms with Crippen LogP contribution in [0.3, 0.4) is 0 Å². The molecule has 1 aliphatic rings. The molecule has 3 aromatic rings. The van der Waals surface area contributed by atoms with Crippen molar-refractivity contribution in [3.05, 3.63) is 75.1 Å². The monoisotopic (exact) mass is 511 g/mol. The Morgan fingerprint density at radius 3 is 2.82 bits per heavy atom. The van der Waals surface area contributed by atoms with Crippen molar-refractivity contribution in [1.29, 1.82) is 0 Å².